The van der Waals surface area contributed by atoms with E-state index >= 15 is 0 Å². The molecule has 0 saturated carbocycles. The van der Waals surface area contributed by atoms with E-state index < -0.39 is 11.6 Å². The van der Waals surface area contributed by atoms with Crippen molar-refractivity contribution in [3.63, 3.8) is 0 Å². The Morgan fingerprint density at radius 2 is 1.43 bits per heavy atom. The van der Waals surface area contributed by atoms with E-state index in [9.17, 15) is 8.78 Å². The lowest BCUT2D eigenvalue weighted by Crippen LogP contribution is -2.22. The summed E-state index contributed by atoms with van der Waals surface area (Å²) in [5.74, 6) is -1.15. The molecule has 0 aliphatic heterocycles. The molecule has 0 fully saturated rings. The van der Waals surface area contributed by atoms with Crippen LogP contribution in [-0.2, 0) is 0 Å². The third-order valence-electron chi connectivity index (χ3n) is 3.62. The third kappa shape index (κ3) is 3.67. The van der Waals surface area contributed by atoms with E-state index in [4.69, 9.17) is 0 Å². The molecule has 21 heavy (non-hydrogen) atoms. The molecule has 0 saturated heterocycles. The first-order valence-corrected chi connectivity index (χ1v) is 7.31. The second kappa shape index (κ2) is 6.81. The minimum Gasteiger partial charge on any atom is -0.307 e. The summed E-state index contributed by atoms with van der Waals surface area (Å²) in [6.45, 7) is 7.03. The third-order valence-corrected chi connectivity index (χ3v) is 3.62. The van der Waals surface area contributed by atoms with Crippen LogP contribution in [-0.4, -0.2) is 6.54 Å². The van der Waals surface area contributed by atoms with Crippen molar-refractivity contribution in [1.29, 1.82) is 0 Å². The fraction of sp³-hybridized carbons (Fsp3) is 0.333. The van der Waals surface area contributed by atoms with E-state index in [1.54, 1.807) is 6.07 Å². The Morgan fingerprint density at radius 3 is 1.95 bits per heavy atom. The van der Waals surface area contributed by atoms with Gasteiger partial charge in [0.05, 0.1) is 6.04 Å². The Kier molecular flexibility index (Phi) is 5.07. The van der Waals surface area contributed by atoms with E-state index in [1.807, 2.05) is 19.1 Å². The first kappa shape index (κ1) is 15.6. The van der Waals surface area contributed by atoms with Gasteiger partial charge in [-0.1, -0.05) is 51.1 Å². The molecule has 0 amide bonds. The Morgan fingerprint density at radius 1 is 0.857 bits per heavy atom. The second-order valence-electron chi connectivity index (χ2n) is 5.49. The van der Waals surface area contributed by atoms with Crippen LogP contribution in [0.3, 0.4) is 0 Å². The van der Waals surface area contributed by atoms with Crippen LogP contribution in [0.5, 0.6) is 0 Å². The highest BCUT2D eigenvalue weighted by molar-refractivity contribution is 5.34. The Hall–Kier alpha value is -1.74. The predicted octanol–water partition coefficient (Wildman–Crippen LogP) is 4.79. The molecule has 0 heterocycles. The molecule has 2 aromatic rings. The zero-order valence-corrected chi connectivity index (χ0v) is 12.7. The predicted molar refractivity (Wildman–Crippen MR) is 82.4 cm³/mol. The molecule has 1 N–H and O–H groups in total. The summed E-state index contributed by atoms with van der Waals surface area (Å²) in [6, 6.07) is 12.2. The van der Waals surface area contributed by atoms with Crippen LogP contribution in [0.15, 0.2) is 42.5 Å². The van der Waals surface area contributed by atoms with Crippen molar-refractivity contribution < 1.29 is 8.78 Å². The van der Waals surface area contributed by atoms with Crippen molar-refractivity contribution >= 4 is 0 Å². The van der Waals surface area contributed by atoms with E-state index in [2.05, 4.69) is 31.3 Å². The zero-order chi connectivity index (χ0) is 15.4. The lowest BCUT2D eigenvalue weighted by Gasteiger charge is -2.20. The molecule has 0 aliphatic carbocycles. The van der Waals surface area contributed by atoms with Gasteiger partial charge in [-0.3, -0.25) is 0 Å². The number of halogens is 2. The fourth-order valence-electron chi connectivity index (χ4n) is 2.40. The van der Waals surface area contributed by atoms with Gasteiger partial charge in [0.2, 0.25) is 0 Å². The van der Waals surface area contributed by atoms with Gasteiger partial charge in [0.25, 0.3) is 0 Å². The Bertz CT molecular complexity index is 591. The minimum absolute atomic E-state index is 0.133. The van der Waals surface area contributed by atoms with E-state index in [1.165, 1.54) is 17.7 Å². The number of hydrogen-bond donors (Lipinski definition) is 1. The number of benzene rings is 2. The van der Waals surface area contributed by atoms with Crippen molar-refractivity contribution in [1.82, 2.24) is 5.32 Å². The lowest BCUT2D eigenvalue weighted by molar-refractivity contribution is 0.504. The average Bonchev–Trinajstić information content (AvgIpc) is 2.48. The molecule has 0 bridgehead atoms. The molecule has 0 aliphatic rings. The van der Waals surface area contributed by atoms with Crippen LogP contribution < -0.4 is 5.32 Å². The summed E-state index contributed by atoms with van der Waals surface area (Å²) < 4.78 is 26.6. The maximum atomic E-state index is 13.5. The van der Waals surface area contributed by atoms with Gasteiger partial charge in [-0.05, 0) is 41.3 Å². The number of nitrogens with one attached hydrogen (secondary N) is 1. The number of hydrogen-bond acceptors (Lipinski definition) is 1. The van der Waals surface area contributed by atoms with Crippen LogP contribution in [0.2, 0.25) is 0 Å². The normalized spacial score (nSPS) is 12.7. The topological polar surface area (TPSA) is 12.0 Å². The van der Waals surface area contributed by atoms with Gasteiger partial charge in [-0.15, -0.1) is 0 Å². The van der Waals surface area contributed by atoms with Crippen LogP contribution in [0, 0.1) is 11.6 Å². The molecule has 1 atom stereocenters. The highest BCUT2D eigenvalue weighted by atomic mass is 19.2. The average molecular weight is 289 g/mol. The van der Waals surface area contributed by atoms with Gasteiger partial charge in [-0.25, -0.2) is 8.78 Å². The summed E-state index contributed by atoms with van der Waals surface area (Å²) >= 11 is 0. The molecule has 3 heteroatoms. The van der Waals surface area contributed by atoms with Gasteiger partial charge < -0.3 is 5.32 Å². The molecular weight excluding hydrogens is 268 g/mol. The van der Waals surface area contributed by atoms with Crippen LogP contribution in [0.1, 0.15) is 49.4 Å². The first-order valence-electron chi connectivity index (χ1n) is 7.31. The molecule has 1 unspecified atom stereocenters. The van der Waals surface area contributed by atoms with Crippen LogP contribution in [0.25, 0.3) is 0 Å². The summed E-state index contributed by atoms with van der Waals surface area (Å²) in [7, 11) is 0. The van der Waals surface area contributed by atoms with Gasteiger partial charge >= 0.3 is 0 Å². The summed E-state index contributed by atoms with van der Waals surface area (Å²) in [4.78, 5) is 0. The molecule has 0 radical (unpaired) electrons. The summed E-state index contributed by atoms with van der Waals surface area (Å²) in [6.07, 6.45) is 0. The second-order valence-corrected chi connectivity index (χ2v) is 5.49. The van der Waals surface area contributed by atoms with Crippen LogP contribution in [0.4, 0.5) is 8.78 Å². The summed E-state index contributed by atoms with van der Waals surface area (Å²) in [5.41, 5.74) is 3.04. The van der Waals surface area contributed by atoms with Crippen molar-refractivity contribution in [2.45, 2.75) is 32.7 Å². The highest BCUT2D eigenvalue weighted by Gasteiger charge is 2.15. The van der Waals surface area contributed by atoms with Crippen molar-refractivity contribution in [2.75, 3.05) is 6.54 Å². The number of rotatable bonds is 5. The van der Waals surface area contributed by atoms with Gasteiger partial charge in [0, 0.05) is 0 Å². The smallest absolute Gasteiger partial charge is 0.159 e. The van der Waals surface area contributed by atoms with Crippen LogP contribution >= 0.6 is 0 Å². The molecule has 112 valence electrons. The standard InChI is InChI=1S/C18H21F2N/c1-4-21-18(15-9-10-16(19)17(20)11-15)14-7-5-13(6-8-14)12(2)3/h5-12,18,21H,4H2,1-3H3. The molecule has 0 aromatic heterocycles. The maximum Gasteiger partial charge on any atom is 0.159 e. The lowest BCUT2D eigenvalue weighted by atomic mass is 9.95. The molecule has 2 rings (SSSR count). The van der Waals surface area contributed by atoms with Gasteiger partial charge in [0.15, 0.2) is 11.6 Å². The molecule has 2 aromatic carbocycles. The largest absolute Gasteiger partial charge is 0.307 e. The first-order chi connectivity index (χ1) is 10.0. The Labute approximate surface area is 125 Å². The van der Waals surface area contributed by atoms with Crippen molar-refractivity contribution in [3.05, 3.63) is 70.8 Å². The van der Waals surface area contributed by atoms with Crippen molar-refractivity contribution in [3.8, 4) is 0 Å². The maximum absolute atomic E-state index is 13.5. The zero-order valence-electron chi connectivity index (χ0n) is 12.7. The quantitative estimate of drug-likeness (QED) is 0.834. The SMILES string of the molecule is CCNC(c1ccc(C(C)C)cc1)c1ccc(F)c(F)c1. The summed E-state index contributed by atoms with van der Waals surface area (Å²) in [5, 5.41) is 3.32. The molecule has 1 nitrogen and oxygen atoms in total. The fourth-order valence-corrected chi connectivity index (χ4v) is 2.40. The monoisotopic (exact) mass is 289 g/mol. The van der Waals surface area contributed by atoms with E-state index in [0.717, 1.165) is 17.7 Å². The van der Waals surface area contributed by atoms with E-state index in [0.29, 0.717) is 5.92 Å². The van der Waals surface area contributed by atoms with Gasteiger partial charge in [0.1, 0.15) is 0 Å². The van der Waals surface area contributed by atoms with E-state index in [-0.39, 0.29) is 6.04 Å². The van der Waals surface area contributed by atoms with Crippen molar-refractivity contribution in [2.24, 2.45) is 0 Å². The van der Waals surface area contributed by atoms with Gasteiger partial charge in [-0.2, -0.15) is 0 Å². The Balaban J connectivity index is 2.35. The highest BCUT2D eigenvalue weighted by Crippen LogP contribution is 2.25. The molecule has 0 spiro atoms. The minimum atomic E-state index is -0.816. The molecular formula is C18H21F2N.